The number of carboxylic acids is 1. The Hall–Kier alpha value is -2.43. The molecular weight excluding hydrogens is 244 g/mol. The number of hydrogen-bond acceptors (Lipinski definition) is 4. The van der Waals surface area contributed by atoms with Crippen LogP contribution < -0.4 is 4.74 Å². The molecule has 1 aromatic heterocycles. The van der Waals surface area contributed by atoms with Crippen LogP contribution in [0.2, 0.25) is 0 Å². The first-order chi connectivity index (χ1) is 9.17. The maximum Gasteiger partial charge on any atom is 0.307 e. The molecule has 0 amide bonds. The van der Waals surface area contributed by atoms with Gasteiger partial charge in [-0.1, -0.05) is 19.1 Å². The molecule has 0 aliphatic rings. The van der Waals surface area contributed by atoms with E-state index in [1.165, 1.54) is 6.33 Å². The lowest BCUT2D eigenvalue weighted by molar-refractivity contribution is -0.136. The first-order valence-electron chi connectivity index (χ1n) is 5.97. The number of hydrogen-bond donors (Lipinski definition) is 1. The van der Waals surface area contributed by atoms with E-state index in [1.54, 1.807) is 30.3 Å². The van der Waals surface area contributed by atoms with Crippen molar-refractivity contribution in [2.45, 2.75) is 19.8 Å². The zero-order chi connectivity index (χ0) is 13.7. The van der Waals surface area contributed by atoms with Gasteiger partial charge in [0.05, 0.1) is 6.42 Å². The molecule has 0 saturated heterocycles. The molecule has 0 spiro atoms. The Labute approximate surface area is 110 Å². The molecule has 0 bridgehead atoms. The average molecular weight is 258 g/mol. The molecule has 2 aromatic rings. The van der Waals surface area contributed by atoms with Crippen LogP contribution in [0.4, 0.5) is 0 Å². The highest BCUT2D eigenvalue weighted by molar-refractivity contribution is 5.70. The van der Waals surface area contributed by atoms with Gasteiger partial charge in [-0.3, -0.25) is 4.79 Å². The molecule has 5 nitrogen and oxygen atoms in total. The normalized spacial score (nSPS) is 10.2. The van der Waals surface area contributed by atoms with Gasteiger partial charge >= 0.3 is 5.97 Å². The van der Waals surface area contributed by atoms with Gasteiger partial charge in [-0.25, -0.2) is 9.97 Å². The number of aromatic nitrogens is 2. The van der Waals surface area contributed by atoms with Crippen molar-refractivity contribution in [2.75, 3.05) is 0 Å². The van der Waals surface area contributed by atoms with Gasteiger partial charge in [-0.05, 0) is 24.1 Å². The number of ether oxygens (including phenoxy) is 1. The fraction of sp³-hybridized carbons (Fsp3) is 0.214. The van der Waals surface area contributed by atoms with Gasteiger partial charge in [-0.15, -0.1) is 0 Å². The Morgan fingerprint density at radius 3 is 2.63 bits per heavy atom. The van der Waals surface area contributed by atoms with E-state index in [9.17, 15) is 4.79 Å². The number of carbonyl (C=O) groups is 1. The summed E-state index contributed by atoms with van der Waals surface area (Å²) in [7, 11) is 0. The quantitative estimate of drug-likeness (QED) is 0.891. The smallest absolute Gasteiger partial charge is 0.307 e. The van der Waals surface area contributed by atoms with Gasteiger partial charge in [0.1, 0.15) is 12.1 Å². The van der Waals surface area contributed by atoms with Crippen LogP contribution in [0.15, 0.2) is 36.7 Å². The molecule has 1 heterocycles. The Morgan fingerprint density at radius 1 is 1.26 bits per heavy atom. The maximum atomic E-state index is 10.6. The third-order valence-corrected chi connectivity index (χ3v) is 2.56. The molecule has 0 saturated carbocycles. The van der Waals surface area contributed by atoms with Crippen LogP contribution in [0, 0.1) is 0 Å². The van der Waals surface area contributed by atoms with Crippen molar-refractivity contribution < 1.29 is 14.6 Å². The summed E-state index contributed by atoms with van der Waals surface area (Å²) >= 11 is 0. The number of aryl methyl sites for hydroxylation is 1. The molecular formula is C14H14N2O3. The molecule has 0 radical (unpaired) electrons. The van der Waals surface area contributed by atoms with Gasteiger partial charge in [0.25, 0.3) is 0 Å². The topological polar surface area (TPSA) is 72.3 Å². The molecule has 2 rings (SSSR count). The minimum absolute atomic E-state index is 0.00771. The van der Waals surface area contributed by atoms with E-state index in [4.69, 9.17) is 9.84 Å². The van der Waals surface area contributed by atoms with Crippen molar-refractivity contribution in [3.05, 3.63) is 47.9 Å². The zero-order valence-electron chi connectivity index (χ0n) is 10.5. The van der Waals surface area contributed by atoms with Crippen LogP contribution in [0.5, 0.6) is 11.6 Å². The number of carboxylic acid groups (broad SMARTS) is 1. The Kier molecular flexibility index (Phi) is 4.07. The number of nitrogens with zero attached hydrogens (tertiary/aromatic N) is 2. The first-order valence-corrected chi connectivity index (χ1v) is 5.97. The molecule has 0 aliphatic carbocycles. The Bertz CT molecular complexity index is 567. The minimum atomic E-state index is -0.850. The van der Waals surface area contributed by atoms with Crippen molar-refractivity contribution in [3.8, 4) is 11.6 Å². The van der Waals surface area contributed by atoms with Crippen molar-refractivity contribution >= 4 is 5.97 Å². The fourth-order valence-electron chi connectivity index (χ4n) is 1.60. The van der Waals surface area contributed by atoms with E-state index in [-0.39, 0.29) is 6.42 Å². The van der Waals surface area contributed by atoms with E-state index in [0.29, 0.717) is 11.6 Å². The van der Waals surface area contributed by atoms with E-state index < -0.39 is 5.97 Å². The molecule has 1 aromatic carbocycles. The van der Waals surface area contributed by atoms with Crippen molar-refractivity contribution in [1.29, 1.82) is 0 Å². The van der Waals surface area contributed by atoms with Crippen LogP contribution in [-0.2, 0) is 17.6 Å². The summed E-state index contributed by atoms with van der Waals surface area (Å²) in [4.78, 5) is 18.7. The highest BCUT2D eigenvalue weighted by Crippen LogP contribution is 2.20. The monoisotopic (exact) mass is 258 g/mol. The molecule has 0 aliphatic heterocycles. The van der Waals surface area contributed by atoms with E-state index in [1.807, 2.05) is 6.92 Å². The van der Waals surface area contributed by atoms with Gasteiger partial charge in [0.15, 0.2) is 0 Å². The van der Waals surface area contributed by atoms with Crippen molar-refractivity contribution in [2.24, 2.45) is 0 Å². The lowest BCUT2D eigenvalue weighted by Gasteiger charge is -2.06. The first kappa shape index (κ1) is 13.0. The van der Waals surface area contributed by atoms with Gasteiger partial charge < -0.3 is 9.84 Å². The van der Waals surface area contributed by atoms with E-state index in [2.05, 4.69) is 9.97 Å². The summed E-state index contributed by atoms with van der Waals surface area (Å²) in [5.74, 6) is 0.254. The second-order valence-electron chi connectivity index (χ2n) is 4.02. The number of benzene rings is 1. The molecule has 1 N–H and O–H groups in total. The molecule has 0 unspecified atom stereocenters. The summed E-state index contributed by atoms with van der Waals surface area (Å²) in [5, 5.41) is 8.68. The Balaban J connectivity index is 2.08. The highest BCUT2D eigenvalue weighted by Gasteiger charge is 2.03. The summed E-state index contributed by atoms with van der Waals surface area (Å²) < 4.78 is 5.58. The van der Waals surface area contributed by atoms with E-state index in [0.717, 1.165) is 17.7 Å². The lowest BCUT2D eigenvalue weighted by atomic mass is 10.1. The summed E-state index contributed by atoms with van der Waals surface area (Å²) in [6, 6.07) is 8.69. The summed E-state index contributed by atoms with van der Waals surface area (Å²) in [6.07, 6.45) is 2.29. The zero-order valence-corrected chi connectivity index (χ0v) is 10.5. The van der Waals surface area contributed by atoms with Crippen LogP contribution in [-0.4, -0.2) is 21.0 Å². The van der Waals surface area contributed by atoms with Crippen molar-refractivity contribution in [3.63, 3.8) is 0 Å². The molecule has 0 atom stereocenters. The van der Waals surface area contributed by atoms with E-state index >= 15 is 0 Å². The third-order valence-electron chi connectivity index (χ3n) is 2.56. The van der Waals surface area contributed by atoms with Gasteiger partial charge in [0.2, 0.25) is 5.88 Å². The lowest BCUT2D eigenvalue weighted by Crippen LogP contribution is -1.99. The van der Waals surface area contributed by atoms with Crippen LogP contribution in [0.1, 0.15) is 18.2 Å². The third kappa shape index (κ3) is 3.77. The minimum Gasteiger partial charge on any atom is -0.481 e. The van der Waals surface area contributed by atoms with Crippen LogP contribution in [0.3, 0.4) is 0 Å². The Morgan fingerprint density at radius 2 is 2.00 bits per heavy atom. The molecule has 98 valence electrons. The predicted molar refractivity (Wildman–Crippen MR) is 69.3 cm³/mol. The second kappa shape index (κ2) is 5.95. The van der Waals surface area contributed by atoms with Crippen LogP contribution >= 0.6 is 0 Å². The second-order valence-corrected chi connectivity index (χ2v) is 4.02. The molecule has 5 heteroatoms. The molecule has 0 fully saturated rings. The number of aliphatic carboxylic acids is 1. The SMILES string of the molecule is CCc1cc(Oc2ccc(CC(=O)O)cc2)ncn1. The fourth-order valence-corrected chi connectivity index (χ4v) is 1.60. The standard InChI is InChI=1S/C14H14N2O3/c1-2-11-8-13(16-9-15-11)19-12-5-3-10(4-6-12)7-14(17)18/h3-6,8-9H,2,7H2,1H3,(H,17,18). The average Bonchev–Trinajstić information content (AvgIpc) is 2.41. The molecule has 19 heavy (non-hydrogen) atoms. The van der Waals surface area contributed by atoms with Crippen LogP contribution in [0.25, 0.3) is 0 Å². The maximum absolute atomic E-state index is 10.6. The predicted octanol–water partition coefficient (Wildman–Crippen LogP) is 2.46. The van der Waals surface area contributed by atoms with Gasteiger partial charge in [-0.2, -0.15) is 0 Å². The van der Waals surface area contributed by atoms with Gasteiger partial charge in [0, 0.05) is 11.8 Å². The summed E-state index contributed by atoms with van der Waals surface area (Å²) in [6.45, 7) is 2.01. The summed E-state index contributed by atoms with van der Waals surface area (Å²) in [5.41, 5.74) is 1.64. The van der Waals surface area contributed by atoms with Crippen molar-refractivity contribution in [1.82, 2.24) is 9.97 Å². The highest BCUT2D eigenvalue weighted by atomic mass is 16.5. The number of rotatable bonds is 5. The largest absolute Gasteiger partial charge is 0.481 e.